The first-order chi connectivity index (χ1) is 11.1. The fourth-order valence-corrected chi connectivity index (χ4v) is 2.95. The lowest BCUT2D eigenvalue weighted by Gasteiger charge is -2.17. The van der Waals surface area contributed by atoms with Crippen molar-refractivity contribution in [3.8, 4) is 0 Å². The molecule has 1 fully saturated rings. The van der Waals surface area contributed by atoms with E-state index in [9.17, 15) is 14.0 Å². The topological polar surface area (TPSA) is 61.4 Å². The summed E-state index contributed by atoms with van der Waals surface area (Å²) in [4.78, 5) is 25.7. The van der Waals surface area contributed by atoms with Crippen LogP contribution in [-0.2, 0) is 4.79 Å². The monoisotopic (exact) mass is 337 g/mol. The first kappa shape index (κ1) is 17.3. The Labute approximate surface area is 139 Å². The molecule has 1 aliphatic heterocycles. The van der Waals surface area contributed by atoms with Gasteiger partial charge in [0, 0.05) is 30.6 Å². The normalized spacial score (nSPS) is 16.9. The second kappa shape index (κ2) is 8.57. The van der Waals surface area contributed by atoms with Crippen LogP contribution in [0.1, 0.15) is 6.42 Å². The fourth-order valence-electron chi connectivity index (χ4n) is 2.31. The number of carbonyl (C=O) groups excluding carboxylic acids is 2. The number of benzene rings is 1. The molecule has 0 aliphatic carbocycles. The van der Waals surface area contributed by atoms with Crippen LogP contribution in [0.3, 0.4) is 0 Å². The number of rotatable bonds is 6. The molecule has 1 aliphatic rings. The predicted molar refractivity (Wildman–Crippen MR) is 91.1 cm³/mol. The van der Waals surface area contributed by atoms with Crippen molar-refractivity contribution >= 4 is 29.4 Å². The Kier molecular flexibility index (Phi) is 6.46. The van der Waals surface area contributed by atoms with Crippen molar-refractivity contribution in [2.45, 2.75) is 12.5 Å². The minimum absolute atomic E-state index is 0.0659. The molecule has 0 aromatic heterocycles. The van der Waals surface area contributed by atoms with Crippen LogP contribution in [0.15, 0.2) is 36.9 Å². The van der Waals surface area contributed by atoms with Crippen LogP contribution >= 0.6 is 11.8 Å². The van der Waals surface area contributed by atoms with Crippen LogP contribution in [0.4, 0.5) is 14.9 Å². The molecule has 1 atom stereocenters. The lowest BCUT2D eigenvalue weighted by atomic mass is 10.3. The molecule has 1 aromatic rings. The van der Waals surface area contributed by atoms with Crippen molar-refractivity contribution < 1.29 is 14.0 Å². The van der Waals surface area contributed by atoms with E-state index in [1.165, 1.54) is 36.0 Å². The molecule has 2 N–H and O–H groups in total. The van der Waals surface area contributed by atoms with Gasteiger partial charge in [0.05, 0.1) is 5.75 Å². The van der Waals surface area contributed by atoms with Crippen molar-refractivity contribution in [1.29, 1.82) is 0 Å². The average molecular weight is 337 g/mol. The van der Waals surface area contributed by atoms with Crippen LogP contribution in [0.2, 0.25) is 0 Å². The van der Waals surface area contributed by atoms with Gasteiger partial charge in [-0.25, -0.2) is 9.18 Å². The predicted octanol–water partition coefficient (Wildman–Crippen LogP) is 2.47. The fraction of sp³-hybridized carbons (Fsp3) is 0.375. The number of urea groups is 1. The van der Waals surface area contributed by atoms with Crippen molar-refractivity contribution in [3.05, 3.63) is 42.7 Å². The molecule has 0 saturated carbocycles. The van der Waals surface area contributed by atoms with Gasteiger partial charge in [-0.3, -0.25) is 4.79 Å². The number of amides is 3. The molecule has 3 amide bonds. The van der Waals surface area contributed by atoms with E-state index < -0.39 is 0 Å². The molecule has 5 nitrogen and oxygen atoms in total. The largest absolute Gasteiger partial charge is 0.340 e. The van der Waals surface area contributed by atoms with Gasteiger partial charge in [-0.1, -0.05) is 6.08 Å². The lowest BCUT2D eigenvalue weighted by Crippen LogP contribution is -2.41. The van der Waals surface area contributed by atoms with Crippen molar-refractivity contribution in [2.24, 2.45) is 0 Å². The second-order valence-corrected chi connectivity index (χ2v) is 6.26. The van der Waals surface area contributed by atoms with E-state index in [1.807, 2.05) is 0 Å². The zero-order valence-electron chi connectivity index (χ0n) is 12.8. The highest BCUT2D eigenvalue weighted by Crippen LogP contribution is 2.13. The highest BCUT2D eigenvalue weighted by molar-refractivity contribution is 8.00. The van der Waals surface area contributed by atoms with E-state index in [1.54, 1.807) is 11.0 Å². The third-order valence-electron chi connectivity index (χ3n) is 3.44. The molecule has 0 bridgehead atoms. The number of hydrogen-bond donors (Lipinski definition) is 2. The molecule has 124 valence electrons. The first-order valence-corrected chi connectivity index (χ1v) is 8.53. The summed E-state index contributed by atoms with van der Waals surface area (Å²) in [5.74, 6) is 0.914. The van der Waals surface area contributed by atoms with Gasteiger partial charge in [0.1, 0.15) is 5.82 Å². The lowest BCUT2D eigenvalue weighted by molar-refractivity contribution is -0.127. The Hall–Kier alpha value is -2.02. The highest BCUT2D eigenvalue weighted by Gasteiger charge is 2.26. The third kappa shape index (κ3) is 5.59. The van der Waals surface area contributed by atoms with E-state index in [0.29, 0.717) is 24.5 Å². The molecule has 1 heterocycles. The van der Waals surface area contributed by atoms with Crippen LogP contribution in [0.25, 0.3) is 0 Å². The van der Waals surface area contributed by atoms with E-state index in [-0.39, 0.29) is 23.8 Å². The van der Waals surface area contributed by atoms with Gasteiger partial charge in [0.2, 0.25) is 5.91 Å². The van der Waals surface area contributed by atoms with E-state index >= 15 is 0 Å². The molecular formula is C16H20FN3O2S. The van der Waals surface area contributed by atoms with Crippen molar-refractivity contribution in [3.63, 3.8) is 0 Å². The van der Waals surface area contributed by atoms with Crippen molar-refractivity contribution in [2.75, 3.05) is 29.9 Å². The SMILES string of the molecule is C=CCSCC(=O)N1CC[C@H](NC(=O)Nc2ccc(F)cc2)C1. The van der Waals surface area contributed by atoms with E-state index in [4.69, 9.17) is 0 Å². The third-order valence-corrected chi connectivity index (χ3v) is 4.36. The summed E-state index contributed by atoms with van der Waals surface area (Å²) in [5, 5.41) is 5.48. The summed E-state index contributed by atoms with van der Waals surface area (Å²) in [6.45, 7) is 4.78. The quantitative estimate of drug-likeness (QED) is 0.619. The Morgan fingerprint density at radius 3 is 2.83 bits per heavy atom. The maximum Gasteiger partial charge on any atom is 0.319 e. The molecule has 1 saturated heterocycles. The van der Waals surface area contributed by atoms with Gasteiger partial charge >= 0.3 is 6.03 Å². The van der Waals surface area contributed by atoms with E-state index in [2.05, 4.69) is 17.2 Å². The molecule has 1 aromatic carbocycles. The molecule has 0 unspecified atom stereocenters. The number of hydrogen-bond acceptors (Lipinski definition) is 3. The smallest absolute Gasteiger partial charge is 0.319 e. The van der Waals surface area contributed by atoms with Crippen molar-refractivity contribution in [1.82, 2.24) is 10.2 Å². The standard InChI is InChI=1S/C16H20FN3O2S/c1-2-9-23-11-15(21)20-8-7-14(10-20)19-16(22)18-13-5-3-12(17)4-6-13/h2-6,14H,1,7-11H2,(H2,18,19,22)/t14-/m0/s1. The van der Waals surface area contributed by atoms with Crippen LogP contribution in [0, 0.1) is 5.82 Å². The molecule has 7 heteroatoms. The first-order valence-electron chi connectivity index (χ1n) is 7.38. The van der Waals surface area contributed by atoms with Gasteiger partial charge in [-0.05, 0) is 30.7 Å². The molecule has 0 radical (unpaired) electrons. The summed E-state index contributed by atoms with van der Waals surface area (Å²) in [6.07, 6.45) is 2.50. The Bertz CT molecular complexity index is 565. The van der Waals surface area contributed by atoms with Crippen LogP contribution < -0.4 is 10.6 Å². The summed E-state index contributed by atoms with van der Waals surface area (Å²) in [6, 6.07) is 5.14. The van der Waals surface area contributed by atoms with E-state index in [0.717, 1.165) is 12.2 Å². The number of nitrogens with zero attached hydrogens (tertiary/aromatic N) is 1. The zero-order chi connectivity index (χ0) is 16.7. The highest BCUT2D eigenvalue weighted by atomic mass is 32.2. The van der Waals surface area contributed by atoms with Gasteiger partial charge in [0.15, 0.2) is 0 Å². The molecule has 0 spiro atoms. The van der Waals surface area contributed by atoms with Crippen LogP contribution in [0.5, 0.6) is 0 Å². The Balaban J connectivity index is 1.74. The Morgan fingerprint density at radius 2 is 2.13 bits per heavy atom. The summed E-state index contributed by atoms with van der Waals surface area (Å²) >= 11 is 1.53. The van der Waals surface area contributed by atoms with Gasteiger partial charge in [0.25, 0.3) is 0 Å². The maximum atomic E-state index is 12.8. The zero-order valence-corrected chi connectivity index (χ0v) is 13.6. The van der Waals surface area contributed by atoms with Gasteiger partial charge in [-0.2, -0.15) is 0 Å². The Morgan fingerprint density at radius 1 is 1.39 bits per heavy atom. The summed E-state index contributed by atoms with van der Waals surface area (Å²) in [7, 11) is 0. The molecular weight excluding hydrogens is 317 g/mol. The number of anilines is 1. The number of thioether (sulfide) groups is 1. The number of carbonyl (C=O) groups is 2. The number of halogens is 1. The summed E-state index contributed by atoms with van der Waals surface area (Å²) in [5.41, 5.74) is 0.524. The molecule has 2 rings (SSSR count). The van der Waals surface area contributed by atoms with Crippen LogP contribution in [-0.4, -0.2) is 47.5 Å². The van der Waals surface area contributed by atoms with Gasteiger partial charge in [-0.15, -0.1) is 18.3 Å². The second-order valence-electron chi connectivity index (χ2n) is 5.23. The summed E-state index contributed by atoms with van der Waals surface area (Å²) < 4.78 is 12.8. The molecule has 23 heavy (non-hydrogen) atoms. The number of likely N-dealkylation sites (tertiary alicyclic amines) is 1. The average Bonchev–Trinajstić information content (AvgIpc) is 2.98. The maximum absolute atomic E-state index is 12.8. The minimum Gasteiger partial charge on any atom is -0.340 e. The minimum atomic E-state index is -0.352. The van der Waals surface area contributed by atoms with Gasteiger partial charge < -0.3 is 15.5 Å². The number of nitrogens with one attached hydrogen (secondary N) is 2.